The number of hydrogen-bond donors (Lipinski definition) is 0. The number of amides is 2. The first-order valence-electron chi connectivity index (χ1n) is 11.0. The van der Waals surface area contributed by atoms with Gasteiger partial charge in [-0.3, -0.25) is 14.3 Å². The summed E-state index contributed by atoms with van der Waals surface area (Å²) in [7, 11) is 1.74. The summed E-state index contributed by atoms with van der Waals surface area (Å²) in [5, 5.41) is 4.10. The molecule has 9 heteroatoms. The fourth-order valence-corrected chi connectivity index (χ4v) is 4.45. The Balaban J connectivity index is 1.52. The SMILES string of the molecule is Cn1nccc1C(=O)N1CCCC(COc2ccc(F)cc2)(CC(=O)N2CCOCC2)C1. The van der Waals surface area contributed by atoms with Gasteiger partial charge in [0, 0.05) is 51.3 Å². The summed E-state index contributed by atoms with van der Waals surface area (Å²) in [4.78, 5) is 29.9. The Morgan fingerprint density at radius 2 is 1.88 bits per heavy atom. The van der Waals surface area contributed by atoms with Crippen LogP contribution in [-0.4, -0.2) is 77.4 Å². The molecule has 0 spiro atoms. The van der Waals surface area contributed by atoms with Crippen LogP contribution in [0.15, 0.2) is 36.5 Å². The summed E-state index contributed by atoms with van der Waals surface area (Å²) in [5.74, 6) is 0.153. The van der Waals surface area contributed by atoms with Gasteiger partial charge in [0.2, 0.25) is 5.91 Å². The van der Waals surface area contributed by atoms with E-state index in [-0.39, 0.29) is 30.7 Å². The zero-order chi connectivity index (χ0) is 22.6. The molecule has 32 heavy (non-hydrogen) atoms. The highest BCUT2D eigenvalue weighted by Gasteiger charge is 2.41. The molecule has 0 radical (unpaired) electrons. The molecule has 2 aromatic rings. The van der Waals surface area contributed by atoms with Gasteiger partial charge in [0.15, 0.2) is 0 Å². The van der Waals surface area contributed by atoms with E-state index in [2.05, 4.69) is 5.10 Å². The van der Waals surface area contributed by atoms with Crippen LogP contribution in [0.3, 0.4) is 0 Å². The highest BCUT2D eigenvalue weighted by Crippen LogP contribution is 2.36. The maximum absolute atomic E-state index is 13.3. The first-order valence-corrected chi connectivity index (χ1v) is 11.0. The monoisotopic (exact) mass is 444 g/mol. The van der Waals surface area contributed by atoms with E-state index in [4.69, 9.17) is 9.47 Å². The minimum absolute atomic E-state index is 0.0471. The summed E-state index contributed by atoms with van der Waals surface area (Å²) in [6.45, 7) is 3.52. The second kappa shape index (κ2) is 9.68. The Hall–Kier alpha value is -2.94. The molecule has 0 aliphatic carbocycles. The van der Waals surface area contributed by atoms with Gasteiger partial charge < -0.3 is 19.3 Å². The summed E-state index contributed by atoms with van der Waals surface area (Å²) >= 11 is 0. The van der Waals surface area contributed by atoms with Crippen LogP contribution in [0.4, 0.5) is 4.39 Å². The van der Waals surface area contributed by atoms with Crippen molar-refractivity contribution in [2.45, 2.75) is 19.3 Å². The maximum atomic E-state index is 13.3. The fraction of sp³-hybridized carbons (Fsp3) is 0.522. The molecule has 3 heterocycles. The predicted molar refractivity (Wildman–Crippen MR) is 115 cm³/mol. The molecule has 8 nitrogen and oxygen atoms in total. The molecular weight excluding hydrogens is 415 g/mol. The number of carbonyl (C=O) groups is 2. The van der Waals surface area contributed by atoms with E-state index in [9.17, 15) is 14.0 Å². The van der Waals surface area contributed by atoms with Crippen LogP contribution in [0.2, 0.25) is 0 Å². The van der Waals surface area contributed by atoms with Crippen molar-refractivity contribution in [3.8, 4) is 5.75 Å². The van der Waals surface area contributed by atoms with Crippen molar-refractivity contribution in [1.82, 2.24) is 19.6 Å². The van der Waals surface area contributed by atoms with Gasteiger partial charge in [-0.1, -0.05) is 0 Å². The lowest BCUT2D eigenvalue weighted by Crippen LogP contribution is -2.52. The highest BCUT2D eigenvalue weighted by molar-refractivity contribution is 5.92. The number of nitrogens with zero attached hydrogens (tertiary/aromatic N) is 4. The summed E-state index contributed by atoms with van der Waals surface area (Å²) in [6, 6.07) is 7.55. The largest absolute Gasteiger partial charge is 0.493 e. The van der Waals surface area contributed by atoms with Gasteiger partial charge in [0.05, 0.1) is 19.8 Å². The molecule has 0 saturated carbocycles. The molecule has 1 aromatic carbocycles. The highest BCUT2D eigenvalue weighted by atomic mass is 19.1. The third kappa shape index (κ3) is 5.09. The molecule has 4 rings (SSSR count). The molecule has 0 bridgehead atoms. The second-order valence-corrected chi connectivity index (χ2v) is 8.58. The number of halogens is 1. The van der Waals surface area contributed by atoms with Crippen molar-refractivity contribution < 1.29 is 23.5 Å². The lowest BCUT2D eigenvalue weighted by molar-refractivity contribution is -0.139. The quantitative estimate of drug-likeness (QED) is 0.682. The minimum atomic E-state index is -0.531. The number of morpholine rings is 1. The molecule has 2 saturated heterocycles. The summed E-state index contributed by atoms with van der Waals surface area (Å²) in [5.41, 5.74) is -0.0178. The second-order valence-electron chi connectivity index (χ2n) is 8.58. The van der Waals surface area contributed by atoms with Crippen LogP contribution in [0.25, 0.3) is 0 Å². The van der Waals surface area contributed by atoms with Crippen molar-refractivity contribution in [3.63, 3.8) is 0 Å². The van der Waals surface area contributed by atoms with Gasteiger partial charge in [-0.05, 0) is 43.2 Å². The Bertz CT molecular complexity index is 942. The van der Waals surface area contributed by atoms with Gasteiger partial charge >= 0.3 is 0 Å². The van der Waals surface area contributed by atoms with Crippen molar-refractivity contribution in [3.05, 3.63) is 48.0 Å². The third-order valence-electron chi connectivity index (χ3n) is 6.24. The van der Waals surface area contributed by atoms with E-state index in [1.165, 1.54) is 12.1 Å². The Morgan fingerprint density at radius 3 is 2.56 bits per heavy atom. The summed E-state index contributed by atoms with van der Waals surface area (Å²) < 4.78 is 26.2. The molecule has 2 amide bonds. The van der Waals surface area contributed by atoms with Gasteiger partial charge in [0.25, 0.3) is 5.91 Å². The smallest absolute Gasteiger partial charge is 0.272 e. The van der Waals surface area contributed by atoms with Crippen molar-refractivity contribution in [2.75, 3.05) is 46.0 Å². The average Bonchev–Trinajstić information content (AvgIpc) is 3.25. The molecule has 172 valence electrons. The molecule has 1 atom stereocenters. The number of likely N-dealkylation sites (tertiary alicyclic amines) is 1. The van der Waals surface area contributed by atoms with E-state index in [1.807, 2.05) is 4.90 Å². The fourth-order valence-electron chi connectivity index (χ4n) is 4.45. The van der Waals surface area contributed by atoms with E-state index >= 15 is 0 Å². The van der Waals surface area contributed by atoms with Gasteiger partial charge in [0.1, 0.15) is 17.3 Å². The third-order valence-corrected chi connectivity index (χ3v) is 6.24. The Kier molecular flexibility index (Phi) is 6.74. The molecule has 0 N–H and O–H groups in total. The van der Waals surface area contributed by atoms with Crippen LogP contribution >= 0.6 is 0 Å². The zero-order valence-electron chi connectivity index (χ0n) is 18.3. The molecule has 1 unspecified atom stereocenters. The van der Waals surface area contributed by atoms with Gasteiger partial charge in [-0.25, -0.2) is 4.39 Å². The van der Waals surface area contributed by atoms with Crippen molar-refractivity contribution >= 4 is 11.8 Å². The number of benzene rings is 1. The lowest BCUT2D eigenvalue weighted by Gasteiger charge is -2.43. The Morgan fingerprint density at radius 1 is 1.12 bits per heavy atom. The standard InChI is InChI=1S/C23H29FN4O4/c1-26-20(7-9-25-26)22(30)28-10-2-8-23(16-28,15-21(29)27-11-13-31-14-12-27)17-32-19-5-3-18(24)4-6-19/h3-7,9H,2,8,10-17H2,1H3. The van der Waals surface area contributed by atoms with Gasteiger partial charge in [-0.2, -0.15) is 5.10 Å². The number of aryl methyl sites for hydroxylation is 1. The number of carbonyl (C=O) groups excluding carboxylic acids is 2. The molecule has 1 aromatic heterocycles. The molecule has 2 fully saturated rings. The predicted octanol–water partition coefficient (Wildman–Crippen LogP) is 2.11. The van der Waals surface area contributed by atoms with E-state index < -0.39 is 5.41 Å². The van der Waals surface area contributed by atoms with E-state index in [1.54, 1.807) is 41.0 Å². The summed E-state index contributed by atoms with van der Waals surface area (Å²) in [6.07, 6.45) is 3.42. The van der Waals surface area contributed by atoms with Gasteiger partial charge in [-0.15, -0.1) is 0 Å². The normalized spacial score (nSPS) is 21.4. The zero-order valence-corrected chi connectivity index (χ0v) is 18.3. The van der Waals surface area contributed by atoms with E-state index in [0.29, 0.717) is 50.8 Å². The van der Waals surface area contributed by atoms with Crippen LogP contribution in [0.1, 0.15) is 29.8 Å². The maximum Gasteiger partial charge on any atom is 0.272 e. The first-order chi connectivity index (χ1) is 15.5. The molecule has 2 aliphatic rings. The molecule has 2 aliphatic heterocycles. The Labute approximate surface area is 186 Å². The van der Waals surface area contributed by atoms with Crippen LogP contribution in [0, 0.1) is 11.2 Å². The van der Waals surface area contributed by atoms with Crippen LogP contribution in [-0.2, 0) is 16.6 Å². The van der Waals surface area contributed by atoms with Crippen molar-refractivity contribution in [1.29, 1.82) is 0 Å². The topological polar surface area (TPSA) is 76.9 Å². The number of rotatable bonds is 6. The molecular formula is C23H29FN4O4. The average molecular weight is 445 g/mol. The van der Waals surface area contributed by atoms with Crippen LogP contribution < -0.4 is 4.74 Å². The van der Waals surface area contributed by atoms with Crippen LogP contribution in [0.5, 0.6) is 5.75 Å². The number of aromatic nitrogens is 2. The first kappa shape index (κ1) is 22.3. The minimum Gasteiger partial charge on any atom is -0.493 e. The number of hydrogen-bond acceptors (Lipinski definition) is 5. The number of ether oxygens (including phenoxy) is 2. The van der Waals surface area contributed by atoms with E-state index in [0.717, 1.165) is 12.8 Å². The van der Waals surface area contributed by atoms with Crippen molar-refractivity contribution in [2.24, 2.45) is 12.5 Å². The lowest BCUT2D eigenvalue weighted by atomic mass is 9.77. The number of piperidine rings is 1.